The van der Waals surface area contributed by atoms with Crippen LogP contribution in [-0.2, 0) is 0 Å². The average molecular weight is 140 g/mol. The molecule has 0 amide bonds. The smallest absolute Gasteiger partial charge is 0.0527 e. The first kappa shape index (κ1) is 7.29. The Morgan fingerprint density at radius 2 is 2.22 bits per heavy atom. The van der Waals surface area contributed by atoms with Gasteiger partial charge in [0, 0.05) is 5.16 Å². The second kappa shape index (κ2) is 2.10. The molecule has 0 N–H and O–H groups in total. The summed E-state index contributed by atoms with van der Waals surface area (Å²) >= 11 is 0. The van der Waals surface area contributed by atoms with Crippen LogP contribution in [0.2, 0.25) is 0 Å². The lowest BCUT2D eigenvalue weighted by atomic mass is 10.0. The fraction of sp³-hybridized carbons (Fsp3) is 1.00. The molecule has 1 saturated heterocycles. The van der Waals surface area contributed by atoms with E-state index in [-0.39, 0.29) is 5.16 Å². The van der Waals surface area contributed by atoms with Crippen molar-refractivity contribution >= 4 is 10.2 Å². The molecule has 2 atom stereocenters. The van der Waals surface area contributed by atoms with Crippen molar-refractivity contribution in [3.63, 3.8) is 0 Å². The van der Waals surface area contributed by atoms with Crippen LogP contribution in [0.15, 0.2) is 0 Å². The minimum Gasteiger partial charge on any atom is -0.304 e. The molecule has 0 bridgehead atoms. The topological polar surface area (TPSA) is 3.24 Å². The van der Waals surface area contributed by atoms with Crippen molar-refractivity contribution in [2.24, 2.45) is 5.92 Å². The summed E-state index contributed by atoms with van der Waals surface area (Å²) in [5, 5.41) is 0.250. The maximum atomic E-state index is 3.75. The number of likely N-dealkylation sites (tertiary alicyclic amines) is 1. The van der Waals surface area contributed by atoms with E-state index in [9.17, 15) is 0 Å². The Morgan fingerprint density at radius 1 is 1.67 bits per heavy atom. The summed E-state index contributed by atoms with van der Waals surface area (Å²) in [5.41, 5.74) is 0. The highest BCUT2D eigenvalue weighted by Crippen LogP contribution is 2.29. The van der Waals surface area contributed by atoms with Crippen LogP contribution in [0.1, 0.15) is 20.3 Å². The molecule has 0 spiro atoms. The Hall–Kier alpha value is 0.177. The van der Waals surface area contributed by atoms with Crippen molar-refractivity contribution in [2.45, 2.75) is 25.4 Å². The summed E-state index contributed by atoms with van der Waals surface area (Å²) in [5.74, 6) is 0.777. The van der Waals surface area contributed by atoms with E-state index in [1.54, 1.807) is 0 Å². The second-order valence-electron chi connectivity index (χ2n) is 3.26. The van der Waals surface area contributed by atoms with Gasteiger partial charge in [0.1, 0.15) is 0 Å². The molecule has 1 aliphatic rings. The molecule has 0 aromatic rings. The first-order valence-electron chi connectivity index (χ1n) is 3.51. The number of nitrogens with zero attached hydrogens (tertiary/aromatic N) is 1. The highest BCUT2D eigenvalue weighted by molar-refractivity contribution is 6.15. The maximum absolute atomic E-state index is 3.75. The molecule has 1 aliphatic heterocycles. The summed E-state index contributed by atoms with van der Waals surface area (Å²) in [6.07, 6.45) is 1.32. The summed E-state index contributed by atoms with van der Waals surface area (Å²) < 4.78 is 0. The lowest BCUT2D eigenvalue weighted by Crippen LogP contribution is -2.42. The molecular weight excluding hydrogens is 126 g/mol. The Labute approximate surface area is 60.9 Å². The predicted molar refractivity (Wildman–Crippen MR) is 40.6 cm³/mol. The van der Waals surface area contributed by atoms with E-state index >= 15 is 0 Å². The van der Waals surface area contributed by atoms with Crippen molar-refractivity contribution in [3.05, 3.63) is 0 Å². The number of rotatable bonds is 0. The molecule has 1 fully saturated rings. The fourth-order valence-electron chi connectivity index (χ4n) is 1.28. The number of hydrogen-bond acceptors (Lipinski definition) is 1. The first-order valence-corrected chi connectivity index (χ1v) is 4.01. The van der Waals surface area contributed by atoms with E-state index in [0.717, 1.165) is 5.92 Å². The van der Waals surface area contributed by atoms with Crippen LogP contribution in [0.25, 0.3) is 0 Å². The predicted octanol–water partition coefficient (Wildman–Crippen LogP) is 0.843. The monoisotopic (exact) mass is 140 g/mol. The molecule has 1 heterocycles. The van der Waals surface area contributed by atoms with Crippen LogP contribution in [-0.4, -0.2) is 33.9 Å². The average Bonchev–Trinajstić information content (AvgIpc) is 1.96. The molecule has 0 aromatic heterocycles. The van der Waals surface area contributed by atoms with Gasteiger partial charge in [0.15, 0.2) is 0 Å². The quantitative estimate of drug-likeness (QED) is 0.451. The van der Waals surface area contributed by atoms with Crippen LogP contribution >= 0.6 is 0 Å². The standard InChI is InChI=1S/C7H14NSi/c1-6-4-5-8(3)7(6,2)9/h6H,4-5H2,1-3H3. The summed E-state index contributed by atoms with van der Waals surface area (Å²) in [7, 11) is 5.91. The van der Waals surface area contributed by atoms with Gasteiger partial charge in [0.25, 0.3) is 0 Å². The summed E-state index contributed by atoms with van der Waals surface area (Å²) in [4.78, 5) is 2.36. The van der Waals surface area contributed by atoms with Crippen molar-refractivity contribution in [3.8, 4) is 0 Å². The third kappa shape index (κ3) is 1.06. The van der Waals surface area contributed by atoms with Crippen LogP contribution in [0.4, 0.5) is 0 Å². The molecule has 2 heteroatoms. The van der Waals surface area contributed by atoms with Gasteiger partial charge in [0.05, 0.1) is 10.2 Å². The Bertz CT molecular complexity index is 99.5. The zero-order chi connectivity index (χ0) is 7.07. The fourth-order valence-corrected chi connectivity index (χ4v) is 1.53. The molecule has 0 aromatic carbocycles. The van der Waals surface area contributed by atoms with Gasteiger partial charge >= 0.3 is 0 Å². The molecule has 0 saturated carbocycles. The summed E-state index contributed by atoms with van der Waals surface area (Å²) in [6, 6.07) is 0. The van der Waals surface area contributed by atoms with Crippen LogP contribution < -0.4 is 0 Å². The summed E-state index contributed by atoms with van der Waals surface area (Å²) in [6.45, 7) is 5.75. The van der Waals surface area contributed by atoms with Gasteiger partial charge in [0.2, 0.25) is 0 Å². The molecule has 3 radical (unpaired) electrons. The minimum atomic E-state index is 0.250. The molecule has 9 heavy (non-hydrogen) atoms. The molecular formula is C7H14NSi. The van der Waals surface area contributed by atoms with Crippen LogP contribution in [0.3, 0.4) is 0 Å². The second-order valence-corrected chi connectivity index (χ2v) is 4.27. The van der Waals surface area contributed by atoms with Crippen molar-refractivity contribution in [1.82, 2.24) is 4.90 Å². The van der Waals surface area contributed by atoms with E-state index in [4.69, 9.17) is 0 Å². The highest BCUT2D eigenvalue weighted by Gasteiger charge is 2.35. The van der Waals surface area contributed by atoms with E-state index in [1.807, 2.05) is 0 Å². The minimum absolute atomic E-state index is 0.250. The van der Waals surface area contributed by atoms with Crippen LogP contribution in [0.5, 0.6) is 0 Å². The molecule has 1 rings (SSSR count). The van der Waals surface area contributed by atoms with Crippen molar-refractivity contribution in [1.29, 1.82) is 0 Å². The SMILES string of the molecule is CC1CCN(C)C1(C)[Si]. The first-order chi connectivity index (χ1) is 4.05. The van der Waals surface area contributed by atoms with E-state index in [0.29, 0.717) is 0 Å². The van der Waals surface area contributed by atoms with Gasteiger partial charge in [-0.05, 0) is 25.9 Å². The maximum Gasteiger partial charge on any atom is 0.0527 e. The molecule has 0 aliphatic carbocycles. The van der Waals surface area contributed by atoms with Gasteiger partial charge in [-0.25, -0.2) is 0 Å². The number of hydrogen-bond donors (Lipinski definition) is 0. The Kier molecular flexibility index (Phi) is 1.70. The molecule has 1 nitrogen and oxygen atoms in total. The third-order valence-corrected chi connectivity index (χ3v) is 3.52. The lowest BCUT2D eigenvalue weighted by Gasteiger charge is -2.31. The van der Waals surface area contributed by atoms with Crippen molar-refractivity contribution < 1.29 is 0 Å². The molecule has 51 valence electrons. The zero-order valence-electron chi connectivity index (χ0n) is 6.44. The Balaban J connectivity index is 2.66. The van der Waals surface area contributed by atoms with Crippen molar-refractivity contribution in [2.75, 3.05) is 13.6 Å². The normalized spacial score (nSPS) is 46.0. The van der Waals surface area contributed by atoms with Crippen LogP contribution in [0, 0.1) is 5.92 Å². The van der Waals surface area contributed by atoms with Gasteiger partial charge < -0.3 is 4.90 Å². The third-order valence-electron chi connectivity index (χ3n) is 2.65. The highest BCUT2D eigenvalue weighted by atomic mass is 28.1. The van der Waals surface area contributed by atoms with E-state index in [1.165, 1.54) is 13.0 Å². The molecule has 2 unspecified atom stereocenters. The lowest BCUT2D eigenvalue weighted by molar-refractivity contribution is 0.254. The van der Waals surface area contributed by atoms with Gasteiger partial charge in [-0.1, -0.05) is 13.8 Å². The largest absolute Gasteiger partial charge is 0.304 e. The van der Waals surface area contributed by atoms with E-state index in [2.05, 4.69) is 36.0 Å². The Morgan fingerprint density at radius 3 is 2.33 bits per heavy atom. The van der Waals surface area contributed by atoms with Gasteiger partial charge in [-0.15, -0.1) is 0 Å². The van der Waals surface area contributed by atoms with Gasteiger partial charge in [-0.3, -0.25) is 0 Å². The zero-order valence-corrected chi connectivity index (χ0v) is 7.44. The van der Waals surface area contributed by atoms with E-state index < -0.39 is 0 Å². The van der Waals surface area contributed by atoms with Gasteiger partial charge in [-0.2, -0.15) is 0 Å².